The third kappa shape index (κ3) is 3.73. The fourth-order valence-corrected chi connectivity index (χ4v) is 4.62. The fourth-order valence-electron chi connectivity index (χ4n) is 4.62. The molecule has 0 bridgehead atoms. The van der Waals surface area contributed by atoms with Gasteiger partial charge in [0.1, 0.15) is 5.60 Å². The van der Waals surface area contributed by atoms with E-state index in [0.29, 0.717) is 25.5 Å². The number of ether oxygens (including phenoxy) is 1. The summed E-state index contributed by atoms with van der Waals surface area (Å²) in [6.07, 6.45) is 5.99. The number of aromatic nitrogens is 3. The van der Waals surface area contributed by atoms with Gasteiger partial charge in [0.05, 0.1) is 12.6 Å². The minimum atomic E-state index is -0.516. The van der Waals surface area contributed by atoms with Crippen molar-refractivity contribution in [3.05, 3.63) is 11.6 Å². The van der Waals surface area contributed by atoms with E-state index >= 15 is 0 Å². The smallest absolute Gasteiger partial charge is 0.410 e. The van der Waals surface area contributed by atoms with Crippen molar-refractivity contribution in [1.29, 1.82) is 0 Å². The number of hydrogen-bond donors (Lipinski definition) is 0. The van der Waals surface area contributed by atoms with Gasteiger partial charge in [-0.3, -0.25) is 9.69 Å². The second-order valence-electron chi connectivity index (χ2n) is 9.20. The number of amides is 2. The molecule has 1 atom stereocenters. The maximum Gasteiger partial charge on any atom is 0.410 e. The van der Waals surface area contributed by atoms with E-state index < -0.39 is 5.60 Å². The summed E-state index contributed by atoms with van der Waals surface area (Å²) in [5.74, 6) is 2.13. The van der Waals surface area contributed by atoms with Gasteiger partial charge in [-0.25, -0.2) is 4.79 Å². The van der Waals surface area contributed by atoms with Crippen molar-refractivity contribution < 1.29 is 14.3 Å². The van der Waals surface area contributed by atoms with Crippen LogP contribution in [0.2, 0.25) is 0 Å². The summed E-state index contributed by atoms with van der Waals surface area (Å²) >= 11 is 0. The molecule has 3 aliphatic rings. The molecule has 1 saturated heterocycles. The summed E-state index contributed by atoms with van der Waals surface area (Å²) < 4.78 is 7.58. The summed E-state index contributed by atoms with van der Waals surface area (Å²) in [6, 6.07) is 0.0161. The molecular weight excluding hydrogens is 358 g/mol. The lowest BCUT2D eigenvalue weighted by molar-refractivity contribution is -0.136. The van der Waals surface area contributed by atoms with E-state index in [1.807, 2.05) is 25.7 Å². The van der Waals surface area contributed by atoms with Crippen LogP contribution in [0.3, 0.4) is 0 Å². The third-order valence-electron chi connectivity index (χ3n) is 5.97. The summed E-state index contributed by atoms with van der Waals surface area (Å²) in [4.78, 5) is 29.1. The predicted octanol–water partition coefficient (Wildman–Crippen LogP) is 2.88. The number of nitrogens with zero attached hydrogens (tertiary/aromatic N) is 5. The lowest BCUT2D eigenvalue weighted by Crippen LogP contribution is -2.42. The Bertz CT molecular complexity index is 748. The van der Waals surface area contributed by atoms with E-state index in [-0.39, 0.29) is 18.1 Å². The van der Waals surface area contributed by atoms with Crippen LogP contribution in [0.25, 0.3) is 0 Å². The number of rotatable bonds is 2. The van der Waals surface area contributed by atoms with Crippen molar-refractivity contribution in [3.63, 3.8) is 0 Å². The zero-order chi connectivity index (χ0) is 19.9. The average molecular weight is 390 g/mol. The number of carbonyl (C=O) groups is 2. The van der Waals surface area contributed by atoms with E-state index in [2.05, 4.69) is 14.8 Å². The number of likely N-dealkylation sites (tertiary alicyclic amines) is 1. The first-order chi connectivity index (χ1) is 13.3. The minimum Gasteiger partial charge on any atom is -0.444 e. The molecule has 0 N–H and O–H groups in total. The highest BCUT2D eigenvalue weighted by molar-refractivity contribution is 5.79. The lowest BCUT2D eigenvalue weighted by atomic mass is 10.1. The second kappa shape index (κ2) is 7.37. The van der Waals surface area contributed by atoms with Crippen LogP contribution in [0.15, 0.2) is 0 Å². The molecule has 154 valence electrons. The maximum atomic E-state index is 13.0. The third-order valence-corrected chi connectivity index (χ3v) is 5.97. The molecule has 0 spiro atoms. The zero-order valence-corrected chi connectivity index (χ0v) is 17.2. The second-order valence-corrected chi connectivity index (χ2v) is 9.20. The molecule has 0 aromatic carbocycles. The van der Waals surface area contributed by atoms with E-state index in [9.17, 15) is 9.59 Å². The summed E-state index contributed by atoms with van der Waals surface area (Å²) in [5.41, 5.74) is -0.516. The predicted molar refractivity (Wildman–Crippen MR) is 102 cm³/mol. The normalized spacial score (nSPS) is 23.2. The standard InChI is InChI=1S/C20H31N5O3/c1-20(2,3)28-19(27)23-11-12-25-16(13-23)21-22-17(25)15-9-6-10-24(15)18(26)14-7-4-5-8-14/h14-15H,4-13H2,1-3H3. The monoisotopic (exact) mass is 389 g/mol. The van der Waals surface area contributed by atoms with Crippen LogP contribution >= 0.6 is 0 Å². The highest BCUT2D eigenvalue weighted by Crippen LogP contribution is 2.36. The molecule has 2 aliphatic heterocycles. The Hall–Kier alpha value is -2.12. The van der Waals surface area contributed by atoms with Gasteiger partial charge in [0, 0.05) is 25.6 Å². The van der Waals surface area contributed by atoms with Crippen molar-refractivity contribution in [2.75, 3.05) is 13.1 Å². The summed E-state index contributed by atoms with van der Waals surface area (Å²) in [7, 11) is 0. The largest absolute Gasteiger partial charge is 0.444 e. The Balaban J connectivity index is 1.48. The van der Waals surface area contributed by atoms with E-state index in [1.165, 1.54) is 0 Å². The van der Waals surface area contributed by atoms with Gasteiger partial charge in [0.2, 0.25) is 5.91 Å². The van der Waals surface area contributed by atoms with Crippen LogP contribution in [-0.2, 0) is 22.6 Å². The first-order valence-corrected chi connectivity index (χ1v) is 10.5. The number of fused-ring (bicyclic) bond motifs is 1. The van der Waals surface area contributed by atoms with Crippen LogP contribution in [0.5, 0.6) is 0 Å². The first-order valence-electron chi connectivity index (χ1n) is 10.5. The van der Waals surface area contributed by atoms with Crippen molar-refractivity contribution in [3.8, 4) is 0 Å². The first kappa shape index (κ1) is 19.2. The van der Waals surface area contributed by atoms with Gasteiger partial charge in [-0.2, -0.15) is 0 Å². The van der Waals surface area contributed by atoms with Gasteiger partial charge in [0.25, 0.3) is 0 Å². The maximum absolute atomic E-state index is 13.0. The molecule has 1 unspecified atom stereocenters. The molecule has 1 aromatic rings. The van der Waals surface area contributed by atoms with Crippen molar-refractivity contribution in [2.24, 2.45) is 5.92 Å². The topological polar surface area (TPSA) is 80.6 Å². The van der Waals surface area contributed by atoms with Crippen LogP contribution in [0.4, 0.5) is 4.79 Å². The average Bonchev–Trinajstić information content (AvgIpc) is 3.38. The highest BCUT2D eigenvalue weighted by Gasteiger charge is 2.38. The Kier molecular flexibility index (Phi) is 5.05. The van der Waals surface area contributed by atoms with Crippen LogP contribution < -0.4 is 0 Å². The molecule has 1 saturated carbocycles. The van der Waals surface area contributed by atoms with Gasteiger partial charge in [-0.1, -0.05) is 12.8 Å². The van der Waals surface area contributed by atoms with Crippen molar-refractivity contribution >= 4 is 12.0 Å². The van der Waals surface area contributed by atoms with E-state index in [4.69, 9.17) is 4.74 Å². The molecule has 0 radical (unpaired) electrons. The lowest BCUT2D eigenvalue weighted by Gasteiger charge is -2.32. The molecule has 3 heterocycles. The molecule has 4 rings (SSSR count). The summed E-state index contributed by atoms with van der Waals surface area (Å²) in [6.45, 7) is 8.01. The molecule has 2 amide bonds. The number of carbonyl (C=O) groups excluding carboxylic acids is 2. The molecule has 28 heavy (non-hydrogen) atoms. The quantitative estimate of drug-likeness (QED) is 0.777. The Morgan fingerprint density at radius 3 is 2.46 bits per heavy atom. The highest BCUT2D eigenvalue weighted by atomic mass is 16.6. The molecule has 8 heteroatoms. The molecule has 8 nitrogen and oxygen atoms in total. The Morgan fingerprint density at radius 1 is 1.00 bits per heavy atom. The SMILES string of the molecule is CC(C)(C)OC(=O)N1CCn2c(nnc2C2CCCN2C(=O)C2CCCC2)C1. The van der Waals surface area contributed by atoms with Crippen LogP contribution in [-0.4, -0.2) is 55.3 Å². The Morgan fingerprint density at radius 2 is 1.75 bits per heavy atom. The van der Waals surface area contributed by atoms with Crippen molar-refractivity contribution in [1.82, 2.24) is 24.6 Å². The minimum absolute atomic E-state index is 0.0161. The number of hydrogen-bond acceptors (Lipinski definition) is 5. The van der Waals surface area contributed by atoms with Crippen LogP contribution in [0, 0.1) is 5.92 Å². The molecule has 1 aromatic heterocycles. The van der Waals surface area contributed by atoms with Crippen molar-refractivity contribution in [2.45, 2.75) is 84.0 Å². The van der Waals surface area contributed by atoms with E-state index in [0.717, 1.165) is 56.7 Å². The zero-order valence-electron chi connectivity index (χ0n) is 17.2. The van der Waals surface area contributed by atoms with Gasteiger partial charge < -0.3 is 14.2 Å². The molecular formula is C20H31N5O3. The van der Waals surface area contributed by atoms with Gasteiger partial charge in [0.15, 0.2) is 11.6 Å². The van der Waals surface area contributed by atoms with Gasteiger partial charge in [-0.05, 0) is 46.5 Å². The Labute approximate surface area is 166 Å². The van der Waals surface area contributed by atoms with Crippen LogP contribution in [0.1, 0.15) is 77.0 Å². The molecule has 1 aliphatic carbocycles. The summed E-state index contributed by atoms with van der Waals surface area (Å²) in [5, 5.41) is 8.79. The van der Waals surface area contributed by atoms with E-state index in [1.54, 1.807) is 4.90 Å². The van der Waals surface area contributed by atoms with Gasteiger partial charge >= 0.3 is 6.09 Å². The fraction of sp³-hybridized carbons (Fsp3) is 0.800. The van der Waals surface area contributed by atoms with Gasteiger partial charge in [-0.15, -0.1) is 10.2 Å². The molecule has 2 fully saturated rings.